The summed E-state index contributed by atoms with van der Waals surface area (Å²) in [5, 5.41) is 0.448. The number of nitrogen functional groups attached to an aromatic ring is 1. The van der Waals surface area contributed by atoms with Crippen LogP contribution < -0.4 is 11.4 Å². The maximum atomic E-state index is 13.4. The second-order valence-electron chi connectivity index (χ2n) is 7.36. The highest BCUT2D eigenvalue weighted by Crippen LogP contribution is 2.23. The molecule has 0 aliphatic carbocycles. The number of hydrogen-bond donors (Lipinski definition) is 1. The summed E-state index contributed by atoms with van der Waals surface area (Å²) in [4.78, 5) is 48.5. The average Bonchev–Trinajstić information content (AvgIpc) is 3.08. The van der Waals surface area contributed by atoms with Crippen molar-refractivity contribution in [1.82, 2.24) is 24.0 Å². The van der Waals surface area contributed by atoms with Crippen molar-refractivity contribution < 1.29 is 14.3 Å². The van der Waals surface area contributed by atoms with E-state index in [2.05, 4.69) is 9.97 Å². The maximum absolute atomic E-state index is 13.4. The first-order chi connectivity index (χ1) is 15.9. The van der Waals surface area contributed by atoms with Gasteiger partial charge in [-0.3, -0.25) is 9.36 Å². The van der Waals surface area contributed by atoms with Gasteiger partial charge in [0.25, 0.3) is 0 Å². The van der Waals surface area contributed by atoms with Gasteiger partial charge in [0, 0.05) is 19.3 Å². The molecule has 0 aliphatic rings. The fourth-order valence-electron chi connectivity index (χ4n) is 3.25. The summed E-state index contributed by atoms with van der Waals surface area (Å²) in [5.74, 6) is 0.426. The Morgan fingerprint density at radius 2 is 1.91 bits per heavy atom. The molecule has 0 saturated carbocycles. The molecule has 1 aromatic carbocycles. The summed E-state index contributed by atoms with van der Waals surface area (Å²) in [5.41, 5.74) is 6.98. The minimum absolute atomic E-state index is 0.0112. The van der Waals surface area contributed by atoms with Crippen LogP contribution in [-0.4, -0.2) is 62.0 Å². The monoisotopic (exact) mass is 472 g/mol. The zero-order valence-electron chi connectivity index (χ0n) is 19.0. The van der Waals surface area contributed by atoms with Gasteiger partial charge < -0.3 is 15.4 Å². The van der Waals surface area contributed by atoms with E-state index in [-0.39, 0.29) is 37.5 Å². The molecule has 0 atom stereocenters. The molecule has 1 amide bonds. The summed E-state index contributed by atoms with van der Waals surface area (Å²) in [6.45, 7) is 4.32. The summed E-state index contributed by atoms with van der Waals surface area (Å²) in [6, 6.07) is 8.79. The van der Waals surface area contributed by atoms with E-state index in [1.54, 1.807) is 6.92 Å². The number of imidazole rings is 1. The molecule has 0 radical (unpaired) electrons. The van der Waals surface area contributed by atoms with Gasteiger partial charge in [-0.1, -0.05) is 49.0 Å². The fraction of sp³-hybridized carbons (Fsp3) is 0.409. The van der Waals surface area contributed by atoms with Gasteiger partial charge >= 0.3 is 17.7 Å². The molecule has 2 heterocycles. The van der Waals surface area contributed by atoms with Crippen LogP contribution in [0.4, 0.5) is 10.6 Å². The topological polar surface area (TPSA) is 125 Å². The van der Waals surface area contributed by atoms with Gasteiger partial charge in [-0.15, -0.1) is 0 Å². The van der Waals surface area contributed by atoms with E-state index in [0.29, 0.717) is 10.8 Å². The van der Waals surface area contributed by atoms with Gasteiger partial charge in [0.05, 0.1) is 19.6 Å². The van der Waals surface area contributed by atoms with Gasteiger partial charge in [-0.2, -0.15) is 0 Å². The highest BCUT2D eigenvalue weighted by atomic mass is 32.2. The molecule has 3 aromatic rings. The van der Waals surface area contributed by atoms with E-state index >= 15 is 0 Å². The van der Waals surface area contributed by atoms with Gasteiger partial charge in [0.2, 0.25) is 0 Å². The van der Waals surface area contributed by atoms with Crippen molar-refractivity contribution in [3.8, 4) is 0 Å². The first-order valence-electron chi connectivity index (χ1n) is 10.7. The Morgan fingerprint density at radius 3 is 2.58 bits per heavy atom. The lowest BCUT2D eigenvalue weighted by Crippen LogP contribution is -2.39. The molecule has 0 bridgehead atoms. The predicted molar refractivity (Wildman–Crippen MR) is 127 cm³/mol. The fourth-order valence-corrected chi connectivity index (χ4v) is 3.95. The quantitative estimate of drug-likeness (QED) is 0.286. The second kappa shape index (κ2) is 11.0. The van der Waals surface area contributed by atoms with Gasteiger partial charge in [-0.25, -0.2) is 24.1 Å². The molecule has 2 N–H and O–H groups in total. The molecule has 0 fully saturated rings. The minimum atomic E-state index is -0.620. The summed E-state index contributed by atoms with van der Waals surface area (Å²) in [6.07, 6.45) is 0.935. The Labute approximate surface area is 195 Å². The largest absolute Gasteiger partial charge is 0.466 e. The number of nitrogens with zero attached hydrogens (tertiary/aromatic N) is 5. The number of anilines is 1. The molecule has 3 rings (SSSR count). The molecule has 11 heteroatoms. The average molecular weight is 473 g/mol. The summed E-state index contributed by atoms with van der Waals surface area (Å²) >= 11 is 1.44. The van der Waals surface area contributed by atoms with Gasteiger partial charge in [-0.05, 0) is 18.9 Å². The number of fused-ring (bicyclic) bond motifs is 1. The number of benzene rings is 1. The van der Waals surface area contributed by atoms with Crippen LogP contribution in [0.2, 0.25) is 0 Å². The van der Waals surface area contributed by atoms with Crippen LogP contribution in [0.1, 0.15) is 32.3 Å². The number of nitrogens with two attached hydrogens (primary N) is 1. The van der Waals surface area contributed by atoms with E-state index in [1.165, 1.54) is 28.3 Å². The van der Waals surface area contributed by atoms with Crippen molar-refractivity contribution in [1.29, 1.82) is 0 Å². The molecule has 2 aromatic heterocycles. The van der Waals surface area contributed by atoms with Crippen molar-refractivity contribution in [2.75, 3.05) is 31.7 Å². The van der Waals surface area contributed by atoms with E-state index in [0.717, 1.165) is 22.3 Å². The smallest absolute Gasteiger partial charge is 0.339 e. The Morgan fingerprint density at radius 1 is 1.18 bits per heavy atom. The van der Waals surface area contributed by atoms with Crippen LogP contribution >= 0.6 is 11.8 Å². The molecule has 33 heavy (non-hydrogen) atoms. The predicted octanol–water partition coefficient (Wildman–Crippen LogP) is 2.58. The molecular formula is C22H28N6O4S. The Kier molecular flexibility index (Phi) is 8.10. The third-order valence-corrected chi connectivity index (χ3v) is 5.92. The normalized spacial score (nSPS) is 11.0. The third kappa shape index (κ3) is 5.54. The van der Waals surface area contributed by atoms with Crippen LogP contribution in [0, 0.1) is 0 Å². The van der Waals surface area contributed by atoms with E-state index in [1.807, 2.05) is 37.3 Å². The van der Waals surface area contributed by atoms with Crippen molar-refractivity contribution in [3.05, 3.63) is 46.4 Å². The van der Waals surface area contributed by atoms with Crippen LogP contribution in [0.15, 0.2) is 40.3 Å². The number of amides is 1. The molecule has 0 aliphatic heterocycles. The van der Waals surface area contributed by atoms with Gasteiger partial charge in [0.15, 0.2) is 16.6 Å². The zero-order chi connectivity index (χ0) is 24.0. The number of ether oxygens (including phenoxy) is 1. The molecular weight excluding hydrogens is 444 g/mol. The number of carbonyl (C=O) groups excluding carboxylic acids is 2. The Hall–Kier alpha value is -3.34. The van der Waals surface area contributed by atoms with E-state index in [4.69, 9.17) is 10.5 Å². The SMILES string of the molecule is CCCSc1nc(N)c2c(n1)n(Cc1ccccc1)c(=O)n2C(=O)N(C)CCC(=O)OCC. The number of hydrogen-bond acceptors (Lipinski definition) is 8. The lowest BCUT2D eigenvalue weighted by Gasteiger charge is -2.16. The number of carbonyl (C=O) groups is 2. The standard InChI is InChI=1S/C22H28N6O4S/c1-4-13-33-20-24-18(23)17-19(25-20)27(14-15-9-7-6-8-10-15)22(31)28(17)21(30)26(3)12-11-16(29)32-5-2/h6-10H,4-5,11-14H2,1-3H3,(H2,23,24,25). The molecule has 0 unspecified atom stereocenters. The number of aromatic nitrogens is 4. The summed E-state index contributed by atoms with van der Waals surface area (Å²) in [7, 11) is 1.51. The van der Waals surface area contributed by atoms with Crippen LogP contribution in [-0.2, 0) is 16.1 Å². The second-order valence-corrected chi connectivity index (χ2v) is 8.42. The molecule has 0 spiro atoms. The summed E-state index contributed by atoms with van der Waals surface area (Å²) < 4.78 is 7.32. The van der Waals surface area contributed by atoms with Crippen molar-refractivity contribution >= 4 is 40.7 Å². The first-order valence-corrected chi connectivity index (χ1v) is 11.7. The molecule has 176 valence electrons. The van der Waals surface area contributed by atoms with E-state index < -0.39 is 17.7 Å². The molecule has 10 nitrogen and oxygen atoms in total. The Bertz CT molecular complexity index is 1190. The van der Waals surface area contributed by atoms with Crippen LogP contribution in [0.5, 0.6) is 0 Å². The number of esters is 1. The lowest BCUT2D eigenvalue weighted by atomic mass is 10.2. The lowest BCUT2D eigenvalue weighted by molar-refractivity contribution is -0.143. The maximum Gasteiger partial charge on any atom is 0.339 e. The number of thioether (sulfide) groups is 1. The van der Waals surface area contributed by atoms with Crippen molar-refractivity contribution in [2.45, 2.75) is 38.4 Å². The van der Waals surface area contributed by atoms with Crippen LogP contribution in [0.3, 0.4) is 0 Å². The van der Waals surface area contributed by atoms with Gasteiger partial charge in [0.1, 0.15) is 5.52 Å². The number of rotatable bonds is 9. The highest BCUT2D eigenvalue weighted by molar-refractivity contribution is 7.99. The third-order valence-electron chi connectivity index (χ3n) is 4.87. The molecule has 0 saturated heterocycles. The first kappa shape index (κ1) is 24.3. The Balaban J connectivity index is 2.06. The van der Waals surface area contributed by atoms with Crippen molar-refractivity contribution in [3.63, 3.8) is 0 Å². The zero-order valence-corrected chi connectivity index (χ0v) is 19.8. The van der Waals surface area contributed by atoms with Crippen molar-refractivity contribution in [2.24, 2.45) is 0 Å². The minimum Gasteiger partial charge on any atom is -0.466 e. The van der Waals surface area contributed by atoms with Crippen LogP contribution in [0.25, 0.3) is 11.2 Å². The van der Waals surface area contributed by atoms with E-state index in [9.17, 15) is 14.4 Å². The highest BCUT2D eigenvalue weighted by Gasteiger charge is 2.26.